The second-order valence-electron chi connectivity index (χ2n) is 7.82. The van der Waals surface area contributed by atoms with E-state index in [9.17, 15) is 14.4 Å². The van der Waals surface area contributed by atoms with Crippen molar-refractivity contribution in [2.45, 2.75) is 40.0 Å². The average molecular weight is 431 g/mol. The highest BCUT2D eigenvalue weighted by atomic mass is 16.6. The van der Waals surface area contributed by atoms with Crippen LogP contribution in [0.2, 0.25) is 0 Å². The molecule has 8 heteroatoms. The zero-order chi connectivity index (χ0) is 22.7. The van der Waals surface area contributed by atoms with Crippen LogP contribution in [0, 0.1) is 18.8 Å². The van der Waals surface area contributed by atoms with E-state index in [0.717, 1.165) is 0 Å². The Morgan fingerprint density at radius 2 is 1.97 bits per heavy atom. The summed E-state index contributed by atoms with van der Waals surface area (Å²) < 4.78 is 21.4. The molecule has 2 aliphatic rings. The standard InChI is InChI=1S/C23H29NO7/c1-6-29-9-10-30-23(27)18-14(4)24-15-11-12(2)17(22(26)28-5)21(25)19(15)20(18)16-8-7-13(3)31-16/h7-8,12,17,20,24H,6,9-11H2,1-5H3/t12-,17+,20-/m1/s1. The van der Waals surface area contributed by atoms with Crippen LogP contribution in [-0.2, 0) is 28.6 Å². The minimum Gasteiger partial charge on any atom is -0.468 e. The second-order valence-corrected chi connectivity index (χ2v) is 7.82. The van der Waals surface area contributed by atoms with Crippen LogP contribution in [0.3, 0.4) is 0 Å². The molecule has 0 saturated carbocycles. The Morgan fingerprint density at radius 1 is 1.23 bits per heavy atom. The Morgan fingerprint density at radius 3 is 2.58 bits per heavy atom. The zero-order valence-corrected chi connectivity index (χ0v) is 18.6. The molecule has 31 heavy (non-hydrogen) atoms. The second kappa shape index (κ2) is 9.51. The number of hydrogen-bond acceptors (Lipinski definition) is 8. The Balaban J connectivity index is 2.03. The molecule has 0 saturated heterocycles. The van der Waals surface area contributed by atoms with Crippen molar-refractivity contribution in [1.82, 2.24) is 5.32 Å². The highest BCUT2D eigenvalue weighted by Gasteiger charge is 2.48. The van der Waals surface area contributed by atoms with Crippen molar-refractivity contribution >= 4 is 17.7 Å². The minimum absolute atomic E-state index is 0.0923. The number of ether oxygens (including phenoxy) is 3. The van der Waals surface area contributed by atoms with Crippen LogP contribution < -0.4 is 5.32 Å². The molecule has 0 amide bonds. The molecule has 168 valence electrons. The van der Waals surface area contributed by atoms with Gasteiger partial charge in [-0.05, 0) is 45.2 Å². The number of carbonyl (C=O) groups is 3. The van der Waals surface area contributed by atoms with E-state index in [1.807, 2.05) is 13.8 Å². The van der Waals surface area contributed by atoms with Crippen molar-refractivity contribution in [3.05, 3.63) is 46.2 Å². The quantitative estimate of drug-likeness (QED) is 0.399. The maximum atomic E-state index is 13.5. The van der Waals surface area contributed by atoms with Gasteiger partial charge < -0.3 is 23.9 Å². The Kier molecular flexibility index (Phi) is 7.00. The molecule has 1 aliphatic carbocycles. The van der Waals surface area contributed by atoms with Crippen LogP contribution in [0.5, 0.6) is 0 Å². The van der Waals surface area contributed by atoms with E-state index >= 15 is 0 Å². The first-order valence-corrected chi connectivity index (χ1v) is 10.4. The van der Waals surface area contributed by atoms with Gasteiger partial charge in [-0.3, -0.25) is 9.59 Å². The third-order valence-corrected chi connectivity index (χ3v) is 5.67. The normalized spacial score (nSPS) is 23.4. The fourth-order valence-corrected chi connectivity index (χ4v) is 4.26. The third kappa shape index (κ3) is 4.44. The molecule has 1 N–H and O–H groups in total. The van der Waals surface area contributed by atoms with Gasteiger partial charge in [0.1, 0.15) is 24.0 Å². The Labute approximate surface area is 181 Å². The van der Waals surface area contributed by atoms with Crippen LogP contribution in [0.4, 0.5) is 0 Å². The van der Waals surface area contributed by atoms with Gasteiger partial charge in [0, 0.05) is 23.6 Å². The van der Waals surface area contributed by atoms with Crippen LogP contribution in [0.1, 0.15) is 44.6 Å². The monoisotopic (exact) mass is 431 g/mol. The lowest BCUT2D eigenvalue weighted by molar-refractivity contribution is -0.151. The molecule has 0 fully saturated rings. The van der Waals surface area contributed by atoms with Crippen molar-refractivity contribution in [2.75, 3.05) is 26.9 Å². The summed E-state index contributed by atoms with van der Waals surface area (Å²) in [4.78, 5) is 38.9. The topological polar surface area (TPSA) is 104 Å². The Hall–Kier alpha value is -2.87. The van der Waals surface area contributed by atoms with Crippen LogP contribution in [0.15, 0.2) is 39.1 Å². The first-order chi connectivity index (χ1) is 14.8. The molecule has 3 atom stereocenters. The van der Waals surface area contributed by atoms with Gasteiger partial charge in [0.05, 0.1) is 25.2 Å². The number of methoxy groups -OCH3 is 1. The number of hydrogen-bond donors (Lipinski definition) is 1. The predicted octanol–water partition coefficient (Wildman–Crippen LogP) is 2.78. The number of allylic oxidation sites excluding steroid dienone is 3. The summed E-state index contributed by atoms with van der Waals surface area (Å²) in [5.41, 5.74) is 1.93. The lowest BCUT2D eigenvalue weighted by Crippen LogP contribution is -2.43. The van der Waals surface area contributed by atoms with Crippen LogP contribution >= 0.6 is 0 Å². The summed E-state index contributed by atoms with van der Waals surface area (Å²) in [7, 11) is 1.27. The third-order valence-electron chi connectivity index (χ3n) is 5.67. The highest BCUT2D eigenvalue weighted by Crippen LogP contribution is 2.45. The summed E-state index contributed by atoms with van der Waals surface area (Å²) in [6, 6.07) is 3.52. The molecule has 0 bridgehead atoms. The molecule has 0 unspecified atom stereocenters. The number of dihydropyridines is 1. The van der Waals surface area contributed by atoms with E-state index in [1.165, 1.54) is 7.11 Å². The zero-order valence-electron chi connectivity index (χ0n) is 18.6. The van der Waals surface area contributed by atoms with Crippen molar-refractivity contribution < 1.29 is 33.0 Å². The number of Topliss-reactive ketones (excluding diaryl/α,β-unsaturated/α-hetero) is 1. The molecular formula is C23H29NO7. The van der Waals surface area contributed by atoms with E-state index in [2.05, 4.69) is 5.32 Å². The largest absolute Gasteiger partial charge is 0.468 e. The molecule has 0 radical (unpaired) electrons. The lowest BCUT2D eigenvalue weighted by Gasteiger charge is -2.37. The van der Waals surface area contributed by atoms with Gasteiger partial charge in [0.25, 0.3) is 0 Å². The van der Waals surface area contributed by atoms with Crippen LogP contribution in [0.25, 0.3) is 0 Å². The van der Waals surface area contributed by atoms with Crippen molar-refractivity contribution in [3.8, 4) is 0 Å². The SMILES string of the molecule is CCOCCOC(=O)C1=C(C)NC2=C(C(=O)[C@@H](C(=O)OC)[C@H](C)C2)[C@@H]1c1ccc(C)o1. The van der Waals surface area contributed by atoms with Gasteiger partial charge in [-0.15, -0.1) is 0 Å². The molecule has 1 aromatic heterocycles. The van der Waals surface area contributed by atoms with Crippen molar-refractivity contribution in [1.29, 1.82) is 0 Å². The number of furan rings is 1. The molecule has 8 nitrogen and oxygen atoms in total. The summed E-state index contributed by atoms with van der Waals surface area (Å²) in [5, 5.41) is 3.21. The molecular weight excluding hydrogens is 402 g/mol. The molecule has 1 aliphatic heterocycles. The number of rotatable bonds is 7. The highest BCUT2D eigenvalue weighted by molar-refractivity contribution is 6.12. The first-order valence-electron chi connectivity index (χ1n) is 10.4. The summed E-state index contributed by atoms with van der Waals surface area (Å²) in [6.45, 7) is 8.15. The van der Waals surface area contributed by atoms with Gasteiger partial charge >= 0.3 is 11.9 Å². The van der Waals surface area contributed by atoms with Crippen molar-refractivity contribution in [2.24, 2.45) is 11.8 Å². The fraction of sp³-hybridized carbons (Fsp3) is 0.522. The fourth-order valence-electron chi connectivity index (χ4n) is 4.26. The van der Waals surface area contributed by atoms with Gasteiger partial charge in [0.15, 0.2) is 5.78 Å². The molecule has 1 aromatic rings. The maximum absolute atomic E-state index is 13.5. The lowest BCUT2D eigenvalue weighted by atomic mass is 9.70. The number of carbonyl (C=O) groups excluding carboxylic acids is 3. The summed E-state index contributed by atoms with van der Waals surface area (Å²) in [6.07, 6.45) is 0.473. The number of esters is 2. The van der Waals surface area contributed by atoms with Crippen LogP contribution in [-0.4, -0.2) is 44.7 Å². The minimum atomic E-state index is -0.933. The smallest absolute Gasteiger partial charge is 0.336 e. The van der Waals surface area contributed by atoms with Gasteiger partial charge in [0.2, 0.25) is 0 Å². The van der Waals surface area contributed by atoms with Gasteiger partial charge in [-0.25, -0.2) is 4.79 Å². The molecule has 0 spiro atoms. The van der Waals surface area contributed by atoms with E-state index in [-0.39, 0.29) is 30.5 Å². The summed E-state index contributed by atoms with van der Waals surface area (Å²) in [5.74, 6) is -2.33. The van der Waals surface area contributed by atoms with Gasteiger partial charge in [-0.2, -0.15) is 0 Å². The predicted molar refractivity (Wildman–Crippen MR) is 111 cm³/mol. The number of ketones is 1. The van der Waals surface area contributed by atoms with Crippen molar-refractivity contribution in [3.63, 3.8) is 0 Å². The maximum Gasteiger partial charge on any atom is 0.336 e. The van der Waals surface area contributed by atoms with Gasteiger partial charge in [-0.1, -0.05) is 6.92 Å². The number of aryl methyl sites for hydroxylation is 1. The summed E-state index contributed by atoms with van der Waals surface area (Å²) >= 11 is 0. The molecule has 3 rings (SSSR count). The first kappa shape index (κ1) is 22.8. The van der Waals surface area contributed by atoms with E-state index in [0.29, 0.717) is 41.5 Å². The van der Waals surface area contributed by atoms with E-state index in [1.54, 1.807) is 26.0 Å². The molecule has 2 heterocycles. The Bertz CT molecular complexity index is 939. The van der Waals surface area contributed by atoms with E-state index < -0.39 is 23.8 Å². The average Bonchev–Trinajstić information content (AvgIpc) is 3.15. The molecule has 0 aromatic carbocycles. The van der Waals surface area contributed by atoms with E-state index in [4.69, 9.17) is 18.6 Å². The number of nitrogens with one attached hydrogen (secondary N) is 1.